The Morgan fingerprint density at radius 3 is 2.68 bits per heavy atom. The summed E-state index contributed by atoms with van der Waals surface area (Å²) in [4.78, 5) is 25.3. The molecule has 9 heteroatoms. The topological polar surface area (TPSA) is 58.6 Å². The maximum Gasteiger partial charge on any atom is 0.416 e. The fraction of sp³-hybridized carbons (Fsp3) is 0.421. The molecule has 1 amide bonds. The highest BCUT2D eigenvalue weighted by molar-refractivity contribution is 5.94. The van der Waals surface area contributed by atoms with Gasteiger partial charge in [-0.2, -0.15) is 13.2 Å². The molecule has 0 atom stereocenters. The van der Waals surface area contributed by atoms with Crippen LogP contribution in [0.4, 0.5) is 19.1 Å². The standard InChI is InChI=1S/C19H19F3N4O2/c20-19(21,22)15-3-1-2-13(10-15)17(27)26-5-4-14-11-23-18(24-16(14)12-26)25-6-8-28-9-7-25/h1-3,10-11H,4-9,12H2. The zero-order valence-electron chi connectivity index (χ0n) is 15.1. The van der Waals surface area contributed by atoms with Gasteiger partial charge in [0.15, 0.2) is 0 Å². The van der Waals surface area contributed by atoms with Crippen molar-refractivity contribution in [3.05, 3.63) is 52.8 Å². The van der Waals surface area contributed by atoms with E-state index in [4.69, 9.17) is 4.74 Å². The van der Waals surface area contributed by atoms with Crippen molar-refractivity contribution in [1.82, 2.24) is 14.9 Å². The molecule has 1 aromatic carbocycles. The van der Waals surface area contributed by atoms with Gasteiger partial charge in [-0.05, 0) is 30.2 Å². The van der Waals surface area contributed by atoms with Gasteiger partial charge in [0.05, 0.1) is 31.0 Å². The zero-order valence-corrected chi connectivity index (χ0v) is 15.1. The average Bonchev–Trinajstić information content (AvgIpc) is 2.72. The Morgan fingerprint density at radius 2 is 1.93 bits per heavy atom. The Kier molecular flexibility index (Phi) is 4.92. The summed E-state index contributed by atoms with van der Waals surface area (Å²) in [5, 5.41) is 0. The van der Waals surface area contributed by atoms with E-state index in [1.165, 1.54) is 17.0 Å². The first-order valence-electron chi connectivity index (χ1n) is 9.06. The molecule has 1 saturated heterocycles. The first-order valence-corrected chi connectivity index (χ1v) is 9.06. The number of amides is 1. The normalized spacial score (nSPS) is 17.4. The van der Waals surface area contributed by atoms with Gasteiger partial charge in [-0.15, -0.1) is 0 Å². The monoisotopic (exact) mass is 392 g/mol. The first-order chi connectivity index (χ1) is 13.4. The van der Waals surface area contributed by atoms with Crippen LogP contribution in [0.3, 0.4) is 0 Å². The van der Waals surface area contributed by atoms with Gasteiger partial charge in [0.1, 0.15) is 0 Å². The van der Waals surface area contributed by atoms with Crippen LogP contribution in [-0.2, 0) is 23.9 Å². The van der Waals surface area contributed by atoms with E-state index in [9.17, 15) is 18.0 Å². The maximum atomic E-state index is 12.9. The maximum absolute atomic E-state index is 12.9. The number of hydrogen-bond donors (Lipinski definition) is 0. The molecule has 2 aromatic rings. The van der Waals surface area contributed by atoms with Gasteiger partial charge in [-0.1, -0.05) is 6.07 Å². The second kappa shape index (κ2) is 7.38. The quantitative estimate of drug-likeness (QED) is 0.786. The van der Waals surface area contributed by atoms with Gasteiger partial charge in [-0.25, -0.2) is 9.97 Å². The number of morpholine rings is 1. The summed E-state index contributed by atoms with van der Waals surface area (Å²) >= 11 is 0. The van der Waals surface area contributed by atoms with Crippen LogP contribution in [-0.4, -0.2) is 53.6 Å². The van der Waals surface area contributed by atoms with E-state index >= 15 is 0 Å². The highest BCUT2D eigenvalue weighted by Crippen LogP contribution is 2.30. The van der Waals surface area contributed by atoms with Crippen molar-refractivity contribution >= 4 is 11.9 Å². The molecule has 2 aliphatic heterocycles. The molecule has 4 rings (SSSR count). The molecule has 2 aliphatic rings. The Labute approximate surface area is 159 Å². The number of alkyl halides is 3. The Bertz CT molecular complexity index is 882. The molecule has 0 saturated carbocycles. The third-order valence-corrected chi connectivity index (χ3v) is 4.95. The Balaban J connectivity index is 1.54. The van der Waals surface area contributed by atoms with Crippen LogP contribution in [0.5, 0.6) is 0 Å². The summed E-state index contributed by atoms with van der Waals surface area (Å²) in [5.41, 5.74) is 0.904. The molecule has 28 heavy (non-hydrogen) atoms. The number of anilines is 1. The van der Waals surface area contributed by atoms with Gasteiger partial charge in [0.2, 0.25) is 5.95 Å². The zero-order chi connectivity index (χ0) is 19.7. The van der Waals surface area contributed by atoms with Crippen molar-refractivity contribution < 1.29 is 22.7 Å². The summed E-state index contributed by atoms with van der Waals surface area (Å²) in [6, 6.07) is 4.53. The minimum atomic E-state index is -4.48. The van der Waals surface area contributed by atoms with Crippen LogP contribution in [0.25, 0.3) is 0 Å². The molecule has 3 heterocycles. The minimum Gasteiger partial charge on any atom is -0.378 e. The summed E-state index contributed by atoms with van der Waals surface area (Å²) in [5.74, 6) is 0.165. The average molecular weight is 392 g/mol. The molecule has 0 radical (unpaired) electrons. The van der Waals surface area contributed by atoms with Gasteiger partial charge < -0.3 is 14.5 Å². The number of benzene rings is 1. The van der Waals surface area contributed by atoms with Crippen molar-refractivity contribution in [1.29, 1.82) is 0 Å². The third-order valence-electron chi connectivity index (χ3n) is 4.95. The van der Waals surface area contributed by atoms with Crippen LogP contribution in [0.2, 0.25) is 0 Å². The smallest absolute Gasteiger partial charge is 0.378 e. The molecular formula is C19H19F3N4O2. The number of carbonyl (C=O) groups excluding carboxylic acids is 1. The number of carbonyl (C=O) groups is 1. The first kappa shape index (κ1) is 18.7. The van der Waals surface area contributed by atoms with E-state index in [1.54, 1.807) is 6.20 Å². The summed E-state index contributed by atoms with van der Waals surface area (Å²) in [7, 11) is 0. The molecule has 6 nitrogen and oxygen atoms in total. The molecule has 0 unspecified atom stereocenters. The summed E-state index contributed by atoms with van der Waals surface area (Å²) in [6.45, 7) is 3.30. The fourth-order valence-electron chi connectivity index (χ4n) is 3.39. The van der Waals surface area contributed by atoms with Crippen LogP contribution < -0.4 is 4.90 Å². The van der Waals surface area contributed by atoms with E-state index in [0.29, 0.717) is 45.2 Å². The van der Waals surface area contributed by atoms with E-state index < -0.39 is 17.6 Å². The molecule has 0 bridgehead atoms. The van der Waals surface area contributed by atoms with Crippen molar-refractivity contribution in [3.8, 4) is 0 Å². The number of fused-ring (bicyclic) bond motifs is 1. The van der Waals surface area contributed by atoms with E-state index in [0.717, 1.165) is 23.4 Å². The SMILES string of the molecule is O=C(c1cccc(C(F)(F)F)c1)N1CCc2cnc(N3CCOCC3)nc2C1. The lowest BCUT2D eigenvalue weighted by Gasteiger charge is -2.31. The molecule has 1 aromatic heterocycles. The van der Waals surface area contributed by atoms with Crippen LogP contribution in [0, 0.1) is 0 Å². The molecule has 148 valence electrons. The number of ether oxygens (including phenoxy) is 1. The van der Waals surface area contributed by atoms with Gasteiger partial charge in [0, 0.05) is 31.4 Å². The lowest BCUT2D eigenvalue weighted by Crippen LogP contribution is -2.39. The summed E-state index contributed by atoms with van der Waals surface area (Å²) < 4.78 is 44.1. The number of halogens is 3. The number of hydrogen-bond acceptors (Lipinski definition) is 5. The van der Waals surface area contributed by atoms with Crippen LogP contribution >= 0.6 is 0 Å². The minimum absolute atomic E-state index is 0.0285. The molecule has 1 fully saturated rings. The van der Waals surface area contributed by atoms with Crippen LogP contribution in [0.15, 0.2) is 30.5 Å². The third kappa shape index (κ3) is 3.80. The molecule has 0 spiro atoms. The lowest BCUT2D eigenvalue weighted by molar-refractivity contribution is -0.137. The fourth-order valence-corrected chi connectivity index (χ4v) is 3.39. The number of nitrogens with zero attached hydrogens (tertiary/aromatic N) is 4. The highest BCUT2D eigenvalue weighted by atomic mass is 19.4. The van der Waals surface area contributed by atoms with Crippen molar-refractivity contribution in [2.24, 2.45) is 0 Å². The van der Waals surface area contributed by atoms with Crippen molar-refractivity contribution in [2.45, 2.75) is 19.1 Å². The summed E-state index contributed by atoms with van der Waals surface area (Å²) in [6.07, 6.45) is -2.13. The van der Waals surface area contributed by atoms with Crippen molar-refractivity contribution in [2.75, 3.05) is 37.7 Å². The van der Waals surface area contributed by atoms with Crippen molar-refractivity contribution in [3.63, 3.8) is 0 Å². The number of rotatable bonds is 2. The highest BCUT2D eigenvalue weighted by Gasteiger charge is 2.32. The van der Waals surface area contributed by atoms with Gasteiger partial charge in [0.25, 0.3) is 5.91 Å². The van der Waals surface area contributed by atoms with Crippen LogP contribution in [0.1, 0.15) is 27.2 Å². The second-order valence-electron chi connectivity index (χ2n) is 6.80. The Morgan fingerprint density at radius 1 is 1.14 bits per heavy atom. The largest absolute Gasteiger partial charge is 0.416 e. The van der Waals surface area contributed by atoms with E-state index in [2.05, 4.69) is 9.97 Å². The number of aromatic nitrogens is 2. The molecule has 0 N–H and O–H groups in total. The second-order valence-corrected chi connectivity index (χ2v) is 6.80. The van der Waals surface area contributed by atoms with Gasteiger partial charge >= 0.3 is 6.18 Å². The molecular weight excluding hydrogens is 373 g/mol. The predicted molar refractivity (Wildman–Crippen MR) is 95.0 cm³/mol. The lowest BCUT2D eigenvalue weighted by atomic mass is 10.0. The molecule has 0 aliphatic carbocycles. The van der Waals surface area contributed by atoms with E-state index in [-0.39, 0.29) is 12.1 Å². The Hall–Kier alpha value is -2.68. The van der Waals surface area contributed by atoms with Gasteiger partial charge in [-0.3, -0.25) is 4.79 Å². The predicted octanol–water partition coefficient (Wildman–Crippen LogP) is 2.53. The van der Waals surface area contributed by atoms with E-state index in [1.807, 2.05) is 4.90 Å².